The summed E-state index contributed by atoms with van der Waals surface area (Å²) in [5, 5.41) is 3.90. The number of carbonyl (C=O) groups is 1. The number of amides is 1. The van der Waals surface area contributed by atoms with Crippen molar-refractivity contribution in [3.8, 4) is 5.75 Å². The van der Waals surface area contributed by atoms with Crippen LogP contribution in [0.4, 0.5) is 10.6 Å². The van der Waals surface area contributed by atoms with Gasteiger partial charge in [-0.05, 0) is 23.7 Å². The van der Waals surface area contributed by atoms with Gasteiger partial charge < -0.3 is 24.1 Å². The van der Waals surface area contributed by atoms with Gasteiger partial charge in [0.25, 0.3) is 0 Å². The fourth-order valence-electron chi connectivity index (χ4n) is 2.74. The number of nitrogens with zero attached hydrogens (tertiary/aromatic N) is 4. The van der Waals surface area contributed by atoms with E-state index in [0.717, 1.165) is 5.76 Å². The van der Waals surface area contributed by atoms with Crippen LogP contribution in [0.2, 0.25) is 5.28 Å². The Labute approximate surface area is 159 Å². The number of aromatic nitrogens is 3. The third kappa shape index (κ3) is 3.72. The number of fused-ring (bicyclic) bond motifs is 1. The third-order valence-corrected chi connectivity index (χ3v) is 4.21. The summed E-state index contributed by atoms with van der Waals surface area (Å²) < 4.78 is 16.3. The number of nitrogens with one attached hydrogen (secondary N) is 1. The summed E-state index contributed by atoms with van der Waals surface area (Å²) in [7, 11) is 1.67. The first-order valence-corrected chi connectivity index (χ1v) is 8.60. The van der Waals surface area contributed by atoms with Crippen molar-refractivity contribution in [1.29, 1.82) is 0 Å². The fourth-order valence-corrected chi connectivity index (χ4v) is 2.91. The maximum atomic E-state index is 11.4. The van der Waals surface area contributed by atoms with Crippen LogP contribution in [0.1, 0.15) is 5.76 Å². The molecule has 0 bridgehead atoms. The van der Waals surface area contributed by atoms with Gasteiger partial charge in [-0.3, -0.25) is 4.98 Å². The van der Waals surface area contributed by atoms with Gasteiger partial charge in [0.15, 0.2) is 11.9 Å². The van der Waals surface area contributed by atoms with Crippen molar-refractivity contribution >= 4 is 34.4 Å². The Kier molecular flexibility index (Phi) is 4.68. The van der Waals surface area contributed by atoms with E-state index in [1.807, 2.05) is 12.1 Å². The van der Waals surface area contributed by atoms with Crippen LogP contribution in [0, 0.1) is 0 Å². The number of furan rings is 1. The summed E-state index contributed by atoms with van der Waals surface area (Å²) in [6.07, 6.45) is 4.05. The van der Waals surface area contributed by atoms with Gasteiger partial charge in [-0.1, -0.05) is 0 Å². The predicted octanol–water partition coefficient (Wildman–Crippen LogP) is 2.71. The zero-order valence-corrected chi connectivity index (χ0v) is 15.1. The van der Waals surface area contributed by atoms with E-state index >= 15 is 0 Å². The molecule has 0 aliphatic carbocycles. The highest BCUT2D eigenvalue weighted by Gasteiger charge is 2.29. The van der Waals surface area contributed by atoms with E-state index < -0.39 is 0 Å². The second kappa shape index (κ2) is 7.28. The zero-order chi connectivity index (χ0) is 18.8. The third-order valence-electron chi connectivity index (χ3n) is 4.04. The summed E-state index contributed by atoms with van der Waals surface area (Å²) in [4.78, 5) is 25.6. The van der Waals surface area contributed by atoms with Crippen molar-refractivity contribution in [3.63, 3.8) is 0 Å². The molecule has 4 heterocycles. The van der Waals surface area contributed by atoms with E-state index in [2.05, 4.69) is 20.3 Å². The molecule has 4 rings (SSSR count). The molecule has 10 heteroatoms. The minimum Gasteiger partial charge on any atom is -0.486 e. The SMILES string of the molecule is CN1CC(COc2cncc3c(NCc4ccco4)nc(Cl)nc23)OC1=O. The van der Waals surface area contributed by atoms with Gasteiger partial charge in [-0.15, -0.1) is 0 Å². The van der Waals surface area contributed by atoms with Crippen LogP contribution in [0.5, 0.6) is 5.75 Å². The van der Waals surface area contributed by atoms with Crippen molar-refractivity contribution in [1.82, 2.24) is 19.9 Å². The number of rotatable bonds is 6. The summed E-state index contributed by atoms with van der Waals surface area (Å²) in [5.74, 6) is 1.71. The number of pyridine rings is 1. The molecule has 1 aliphatic rings. The molecule has 1 aliphatic heterocycles. The average Bonchev–Trinajstić information content (AvgIpc) is 3.28. The van der Waals surface area contributed by atoms with E-state index in [1.54, 1.807) is 25.7 Å². The number of anilines is 1. The van der Waals surface area contributed by atoms with Gasteiger partial charge in [0.2, 0.25) is 5.28 Å². The van der Waals surface area contributed by atoms with E-state index in [1.165, 1.54) is 4.90 Å². The molecule has 0 radical (unpaired) electrons. The van der Waals surface area contributed by atoms with Gasteiger partial charge in [-0.2, -0.15) is 0 Å². The Bertz CT molecular complexity index is 965. The molecule has 3 aromatic heterocycles. The Balaban J connectivity index is 1.56. The highest BCUT2D eigenvalue weighted by Crippen LogP contribution is 2.29. The molecule has 1 saturated heterocycles. The average molecular weight is 390 g/mol. The highest BCUT2D eigenvalue weighted by atomic mass is 35.5. The lowest BCUT2D eigenvalue weighted by Gasteiger charge is -2.13. The number of halogens is 1. The van der Waals surface area contributed by atoms with Gasteiger partial charge in [0.1, 0.15) is 23.7 Å². The molecule has 1 amide bonds. The summed E-state index contributed by atoms with van der Waals surface area (Å²) >= 11 is 6.08. The smallest absolute Gasteiger partial charge is 0.410 e. The lowest BCUT2D eigenvalue weighted by atomic mass is 10.2. The molecule has 0 saturated carbocycles. The fraction of sp³-hybridized carbons (Fsp3) is 0.294. The Morgan fingerprint density at radius 2 is 2.30 bits per heavy atom. The molecular weight excluding hydrogens is 374 g/mol. The minimum absolute atomic E-state index is 0.0764. The second-order valence-corrected chi connectivity index (χ2v) is 6.34. The minimum atomic E-state index is -0.366. The first-order valence-electron chi connectivity index (χ1n) is 8.22. The number of carbonyl (C=O) groups excluding carboxylic acids is 1. The summed E-state index contributed by atoms with van der Waals surface area (Å²) in [5.41, 5.74) is 0.518. The Morgan fingerprint density at radius 1 is 1.41 bits per heavy atom. The van der Waals surface area contributed by atoms with E-state index in [9.17, 15) is 4.79 Å². The molecule has 140 valence electrons. The topological polar surface area (TPSA) is 103 Å². The van der Waals surface area contributed by atoms with E-state index in [0.29, 0.717) is 35.6 Å². The number of cyclic esters (lactones) is 1. The van der Waals surface area contributed by atoms with Crippen LogP contribution >= 0.6 is 11.6 Å². The van der Waals surface area contributed by atoms with E-state index in [-0.39, 0.29) is 24.1 Å². The van der Waals surface area contributed by atoms with Crippen LogP contribution in [-0.2, 0) is 11.3 Å². The molecule has 0 spiro atoms. The largest absolute Gasteiger partial charge is 0.486 e. The normalized spacial score (nSPS) is 16.6. The van der Waals surface area contributed by atoms with Crippen molar-refractivity contribution in [2.24, 2.45) is 0 Å². The molecule has 27 heavy (non-hydrogen) atoms. The number of hydrogen-bond donors (Lipinski definition) is 1. The Hall–Kier alpha value is -3.07. The lowest BCUT2D eigenvalue weighted by molar-refractivity contribution is 0.103. The van der Waals surface area contributed by atoms with Crippen molar-refractivity contribution < 1.29 is 18.7 Å². The quantitative estimate of drug-likeness (QED) is 0.642. The maximum absolute atomic E-state index is 11.4. The lowest BCUT2D eigenvalue weighted by Crippen LogP contribution is -2.23. The number of ether oxygens (including phenoxy) is 2. The zero-order valence-electron chi connectivity index (χ0n) is 14.4. The number of hydrogen-bond acceptors (Lipinski definition) is 8. The molecule has 3 aromatic rings. The first-order chi connectivity index (χ1) is 13.1. The molecule has 0 aromatic carbocycles. The van der Waals surface area contributed by atoms with Gasteiger partial charge >= 0.3 is 6.09 Å². The number of likely N-dealkylation sites (N-methyl/N-ethyl adjacent to an activating group) is 1. The van der Waals surface area contributed by atoms with Gasteiger partial charge in [0, 0.05) is 13.2 Å². The second-order valence-electron chi connectivity index (χ2n) is 6.01. The van der Waals surface area contributed by atoms with E-state index in [4.69, 9.17) is 25.5 Å². The van der Waals surface area contributed by atoms with Crippen LogP contribution in [0.15, 0.2) is 35.2 Å². The first kappa shape index (κ1) is 17.3. The highest BCUT2D eigenvalue weighted by molar-refractivity contribution is 6.28. The van der Waals surface area contributed by atoms with Gasteiger partial charge in [-0.25, -0.2) is 14.8 Å². The van der Waals surface area contributed by atoms with Crippen LogP contribution in [-0.4, -0.2) is 52.2 Å². The van der Waals surface area contributed by atoms with Crippen molar-refractivity contribution in [2.45, 2.75) is 12.6 Å². The Morgan fingerprint density at radius 3 is 3.04 bits per heavy atom. The monoisotopic (exact) mass is 389 g/mol. The summed E-state index contributed by atoms with van der Waals surface area (Å²) in [6.45, 7) is 1.08. The van der Waals surface area contributed by atoms with Crippen LogP contribution < -0.4 is 10.1 Å². The van der Waals surface area contributed by atoms with Crippen LogP contribution in [0.3, 0.4) is 0 Å². The summed E-state index contributed by atoms with van der Waals surface area (Å²) in [6, 6.07) is 3.66. The molecule has 1 atom stereocenters. The van der Waals surface area contributed by atoms with Crippen molar-refractivity contribution in [2.75, 3.05) is 25.5 Å². The molecule has 1 fully saturated rings. The molecule has 9 nitrogen and oxygen atoms in total. The maximum Gasteiger partial charge on any atom is 0.410 e. The molecule has 1 N–H and O–H groups in total. The predicted molar refractivity (Wildman–Crippen MR) is 96.8 cm³/mol. The van der Waals surface area contributed by atoms with Crippen molar-refractivity contribution in [3.05, 3.63) is 41.8 Å². The van der Waals surface area contributed by atoms with Gasteiger partial charge in [0.05, 0.1) is 30.9 Å². The molecule has 1 unspecified atom stereocenters. The molecular formula is C17H16ClN5O4. The van der Waals surface area contributed by atoms with Crippen LogP contribution in [0.25, 0.3) is 10.9 Å². The standard InChI is InChI=1S/C17H16ClN5O4/c1-23-8-11(27-17(23)24)9-26-13-7-19-6-12-14(13)21-16(18)22-15(12)20-5-10-3-2-4-25-10/h2-4,6-7,11H,5,8-9H2,1H3,(H,20,21,22).